The maximum atomic E-state index is 12.8. The highest BCUT2D eigenvalue weighted by molar-refractivity contribution is 6.31. The van der Waals surface area contributed by atoms with Crippen molar-refractivity contribution in [1.29, 1.82) is 0 Å². The predicted molar refractivity (Wildman–Crippen MR) is 148 cm³/mol. The first kappa shape index (κ1) is 25.0. The van der Waals surface area contributed by atoms with E-state index >= 15 is 0 Å². The Bertz CT molecular complexity index is 1520. The zero-order valence-electron chi connectivity index (χ0n) is 20.4. The SMILES string of the molecule is COc1ccc(Cl)cc1C(=O)Nc1ccc(C2=NN(c3ccccc3)C(c3ccccc3[N+](=O)[O-])C2)cc1. The fourth-order valence-electron chi connectivity index (χ4n) is 4.48. The number of para-hydroxylation sites is 2. The van der Waals surface area contributed by atoms with E-state index in [9.17, 15) is 14.9 Å². The lowest BCUT2D eigenvalue weighted by molar-refractivity contribution is -0.385. The molecule has 190 valence electrons. The molecule has 0 saturated carbocycles. The number of hydrazone groups is 1. The van der Waals surface area contributed by atoms with E-state index in [1.54, 1.807) is 48.5 Å². The number of nitro benzene ring substituents is 1. The summed E-state index contributed by atoms with van der Waals surface area (Å²) in [5.41, 5.74) is 4.05. The fraction of sp³-hybridized carbons (Fsp3) is 0.103. The third-order valence-corrected chi connectivity index (χ3v) is 6.54. The summed E-state index contributed by atoms with van der Waals surface area (Å²) in [6.45, 7) is 0. The van der Waals surface area contributed by atoms with Crippen LogP contribution in [0.2, 0.25) is 5.02 Å². The number of rotatable bonds is 7. The van der Waals surface area contributed by atoms with Gasteiger partial charge in [-0.3, -0.25) is 19.9 Å². The second-order valence-electron chi connectivity index (χ2n) is 8.64. The fourth-order valence-corrected chi connectivity index (χ4v) is 4.66. The number of anilines is 2. The van der Waals surface area contributed by atoms with Gasteiger partial charge in [-0.2, -0.15) is 5.10 Å². The maximum absolute atomic E-state index is 12.8. The molecule has 4 aromatic rings. The monoisotopic (exact) mass is 526 g/mol. The number of halogens is 1. The molecule has 0 bridgehead atoms. The van der Waals surface area contributed by atoms with Gasteiger partial charge < -0.3 is 10.1 Å². The average Bonchev–Trinajstić information content (AvgIpc) is 3.39. The van der Waals surface area contributed by atoms with Crippen LogP contribution in [-0.2, 0) is 0 Å². The minimum absolute atomic E-state index is 0.0596. The van der Waals surface area contributed by atoms with Gasteiger partial charge in [0.1, 0.15) is 5.75 Å². The number of nitro groups is 1. The molecule has 1 heterocycles. The first-order valence-electron chi connectivity index (χ1n) is 11.8. The van der Waals surface area contributed by atoms with Crippen LogP contribution in [0.15, 0.2) is 102 Å². The summed E-state index contributed by atoms with van der Waals surface area (Å²) in [4.78, 5) is 24.2. The molecule has 8 nitrogen and oxygen atoms in total. The van der Waals surface area contributed by atoms with E-state index in [0.29, 0.717) is 34.0 Å². The Morgan fingerprint density at radius 1 is 1.03 bits per heavy atom. The van der Waals surface area contributed by atoms with Gasteiger partial charge in [0.15, 0.2) is 0 Å². The van der Waals surface area contributed by atoms with E-state index in [-0.39, 0.29) is 22.6 Å². The van der Waals surface area contributed by atoms with Crippen LogP contribution in [0, 0.1) is 10.1 Å². The third-order valence-electron chi connectivity index (χ3n) is 6.31. The third kappa shape index (κ3) is 5.07. The minimum atomic E-state index is -0.358. The lowest BCUT2D eigenvalue weighted by atomic mass is 9.97. The number of nitrogens with one attached hydrogen (secondary N) is 1. The number of carbonyl (C=O) groups is 1. The maximum Gasteiger partial charge on any atom is 0.274 e. The first-order valence-corrected chi connectivity index (χ1v) is 12.2. The topological polar surface area (TPSA) is 97.1 Å². The zero-order valence-corrected chi connectivity index (χ0v) is 21.1. The van der Waals surface area contributed by atoms with Gasteiger partial charge >= 0.3 is 0 Å². The van der Waals surface area contributed by atoms with Crippen molar-refractivity contribution in [2.75, 3.05) is 17.4 Å². The quantitative estimate of drug-likeness (QED) is 0.209. The van der Waals surface area contributed by atoms with Crippen molar-refractivity contribution in [3.8, 4) is 5.75 Å². The molecule has 1 aliphatic rings. The molecule has 5 rings (SSSR count). The number of amides is 1. The molecule has 1 atom stereocenters. The predicted octanol–water partition coefficient (Wildman–Crippen LogP) is 6.86. The van der Waals surface area contributed by atoms with Gasteiger partial charge in [0.25, 0.3) is 11.6 Å². The number of ether oxygens (including phenoxy) is 1. The van der Waals surface area contributed by atoms with Gasteiger partial charge in [-0.25, -0.2) is 0 Å². The minimum Gasteiger partial charge on any atom is -0.496 e. The molecule has 4 aromatic carbocycles. The first-order chi connectivity index (χ1) is 18.4. The Labute approximate surface area is 224 Å². The van der Waals surface area contributed by atoms with Gasteiger partial charge in [-0.05, 0) is 54.1 Å². The summed E-state index contributed by atoms with van der Waals surface area (Å²) in [5.74, 6) is 0.0768. The van der Waals surface area contributed by atoms with Crippen LogP contribution in [0.25, 0.3) is 0 Å². The van der Waals surface area contributed by atoms with Crippen LogP contribution in [-0.4, -0.2) is 23.7 Å². The van der Waals surface area contributed by atoms with Crippen molar-refractivity contribution >= 4 is 40.3 Å². The van der Waals surface area contributed by atoms with Crippen molar-refractivity contribution in [2.24, 2.45) is 5.10 Å². The summed E-state index contributed by atoms with van der Waals surface area (Å²) < 4.78 is 5.28. The molecule has 0 aliphatic carbocycles. The molecule has 0 radical (unpaired) electrons. The lowest BCUT2D eigenvalue weighted by Crippen LogP contribution is -2.19. The van der Waals surface area contributed by atoms with Crippen molar-refractivity contribution in [2.45, 2.75) is 12.5 Å². The van der Waals surface area contributed by atoms with Crippen molar-refractivity contribution in [1.82, 2.24) is 0 Å². The van der Waals surface area contributed by atoms with Gasteiger partial charge in [-0.15, -0.1) is 0 Å². The van der Waals surface area contributed by atoms with Crippen LogP contribution in [0.3, 0.4) is 0 Å². The largest absolute Gasteiger partial charge is 0.496 e. The van der Waals surface area contributed by atoms with E-state index < -0.39 is 0 Å². The molecular weight excluding hydrogens is 504 g/mol. The molecule has 0 saturated heterocycles. The van der Waals surface area contributed by atoms with Crippen LogP contribution in [0.5, 0.6) is 5.75 Å². The Morgan fingerprint density at radius 3 is 2.45 bits per heavy atom. The number of hydrogen-bond donors (Lipinski definition) is 1. The Hall–Kier alpha value is -4.69. The summed E-state index contributed by atoms with van der Waals surface area (Å²) in [6, 6.07) is 28.2. The molecule has 0 aromatic heterocycles. The summed E-state index contributed by atoms with van der Waals surface area (Å²) in [6.07, 6.45) is 0.477. The van der Waals surface area contributed by atoms with Crippen molar-refractivity contribution in [3.63, 3.8) is 0 Å². The second-order valence-corrected chi connectivity index (χ2v) is 9.08. The molecular formula is C29H23ClN4O4. The molecule has 1 N–H and O–H groups in total. The molecule has 1 amide bonds. The van der Waals surface area contributed by atoms with Crippen LogP contribution in [0.1, 0.15) is 33.9 Å². The van der Waals surface area contributed by atoms with Gasteiger partial charge in [0.05, 0.1) is 40.6 Å². The molecule has 0 spiro atoms. The highest BCUT2D eigenvalue weighted by Gasteiger charge is 2.34. The Kier molecular flexibility index (Phi) is 7.06. The highest BCUT2D eigenvalue weighted by Crippen LogP contribution is 2.40. The summed E-state index contributed by atoms with van der Waals surface area (Å²) in [5, 5.41) is 21.8. The van der Waals surface area contributed by atoms with E-state index in [1.165, 1.54) is 13.2 Å². The number of methoxy groups -OCH3 is 1. The van der Waals surface area contributed by atoms with E-state index in [1.807, 2.05) is 47.5 Å². The molecule has 38 heavy (non-hydrogen) atoms. The highest BCUT2D eigenvalue weighted by atomic mass is 35.5. The number of hydrogen-bond acceptors (Lipinski definition) is 6. The normalized spacial score (nSPS) is 14.6. The standard InChI is InChI=1S/C29H23ClN4O4/c1-38-28-16-13-20(30)17-24(28)29(35)31-21-14-11-19(12-15-21)25-18-27(23-9-5-6-10-26(23)34(36)37)33(32-25)22-7-3-2-4-8-22/h2-17,27H,18H2,1H3,(H,31,35). The lowest BCUT2D eigenvalue weighted by Gasteiger charge is -2.23. The van der Waals surface area contributed by atoms with E-state index in [2.05, 4.69) is 5.32 Å². The van der Waals surface area contributed by atoms with E-state index in [4.69, 9.17) is 21.4 Å². The van der Waals surface area contributed by atoms with Crippen LogP contribution >= 0.6 is 11.6 Å². The summed E-state index contributed by atoms with van der Waals surface area (Å²) >= 11 is 6.06. The van der Waals surface area contributed by atoms with Gasteiger partial charge in [0, 0.05) is 23.2 Å². The zero-order chi connectivity index (χ0) is 26.6. The number of benzene rings is 4. The molecule has 1 aliphatic heterocycles. The van der Waals surface area contributed by atoms with Crippen molar-refractivity contribution in [3.05, 3.63) is 129 Å². The van der Waals surface area contributed by atoms with Crippen LogP contribution in [0.4, 0.5) is 17.1 Å². The Balaban J connectivity index is 1.42. The average molecular weight is 527 g/mol. The molecule has 1 unspecified atom stereocenters. The smallest absolute Gasteiger partial charge is 0.274 e. The molecule has 9 heteroatoms. The Morgan fingerprint density at radius 2 is 1.74 bits per heavy atom. The van der Waals surface area contributed by atoms with Crippen molar-refractivity contribution < 1.29 is 14.5 Å². The summed E-state index contributed by atoms with van der Waals surface area (Å²) in [7, 11) is 1.49. The van der Waals surface area contributed by atoms with Crippen LogP contribution < -0.4 is 15.1 Å². The van der Waals surface area contributed by atoms with E-state index in [0.717, 1.165) is 17.0 Å². The van der Waals surface area contributed by atoms with Gasteiger partial charge in [0.2, 0.25) is 0 Å². The second kappa shape index (κ2) is 10.7. The van der Waals surface area contributed by atoms with Gasteiger partial charge in [-0.1, -0.05) is 54.1 Å². The molecule has 0 fully saturated rings. The number of nitrogens with zero attached hydrogens (tertiary/aromatic N) is 3. The number of carbonyl (C=O) groups excluding carboxylic acids is 1.